The Morgan fingerprint density at radius 2 is 1.38 bits per heavy atom. The van der Waals surface area contributed by atoms with Gasteiger partial charge < -0.3 is 0 Å². The number of hydrogen-bond acceptors (Lipinski definition) is 4. The largest absolute Gasteiger partial charge is 0.287 e. The summed E-state index contributed by atoms with van der Waals surface area (Å²) in [6.45, 7) is 0. The topological polar surface area (TPSA) is 46.7 Å². The summed E-state index contributed by atoms with van der Waals surface area (Å²) in [6, 6.07) is 27.7. The maximum atomic E-state index is 13.1. The molecule has 5 heteroatoms. The zero-order valence-corrected chi connectivity index (χ0v) is 17.9. The summed E-state index contributed by atoms with van der Waals surface area (Å²) in [5, 5.41) is 4.58. The highest BCUT2D eigenvalue weighted by Gasteiger charge is 2.32. The lowest BCUT2D eigenvalue weighted by Gasteiger charge is -1.98. The number of rotatable bonds is 5. The lowest BCUT2D eigenvalue weighted by atomic mass is 10.1. The molecule has 0 spiro atoms. The Morgan fingerprint density at radius 3 is 2.09 bits per heavy atom. The second kappa shape index (κ2) is 8.96. The third-order valence-corrected chi connectivity index (χ3v) is 6.12. The molecule has 5 rings (SSSR count). The smallest absolute Gasteiger partial charge is 0.213 e. The van der Waals surface area contributed by atoms with E-state index in [2.05, 4.69) is 10.1 Å². The van der Waals surface area contributed by atoms with Gasteiger partial charge >= 0.3 is 0 Å². The molecule has 0 saturated carbocycles. The molecule has 0 radical (unpaired) electrons. The zero-order chi connectivity index (χ0) is 21.8. The maximum Gasteiger partial charge on any atom is 0.213 e. The molecule has 1 aromatic heterocycles. The summed E-state index contributed by atoms with van der Waals surface area (Å²) in [7, 11) is 0. The summed E-state index contributed by atoms with van der Waals surface area (Å²) in [4.78, 5) is 19.3. The van der Waals surface area contributed by atoms with Crippen LogP contribution in [0.3, 0.4) is 0 Å². The van der Waals surface area contributed by atoms with Crippen molar-refractivity contribution < 1.29 is 4.79 Å². The first kappa shape index (κ1) is 19.8. The highest BCUT2D eigenvalue weighted by Crippen LogP contribution is 2.38. The molecule has 0 fully saturated rings. The second-order valence-electron chi connectivity index (χ2n) is 7.14. The molecule has 32 heavy (non-hydrogen) atoms. The second-order valence-corrected chi connectivity index (χ2v) is 8.12. The summed E-state index contributed by atoms with van der Waals surface area (Å²) in [5.74, 6) is -0.0236. The number of aromatic nitrogens is 1. The molecule has 0 saturated heterocycles. The van der Waals surface area contributed by atoms with Gasteiger partial charge in [0.05, 0.1) is 4.88 Å². The van der Waals surface area contributed by atoms with Crippen LogP contribution in [0.1, 0.15) is 27.2 Å². The van der Waals surface area contributed by atoms with Crippen LogP contribution in [-0.4, -0.2) is 16.7 Å². The molecular formula is C27H19N3OS. The van der Waals surface area contributed by atoms with Gasteiger partial charge in [0.1, 0.15) is 5.69 Å². The van der Waals surface area contributed by atoms with Gasteiger partial charge in [0.2, 0.25) is 10.6 Å². The van der Waals surface area contributed by atoms with Crippen LogP contribution in [0.4, 0.5) is 0 Å². The molecule has 4 aromatic rings. The average molecular weight is 434 g/mol. The molecule has 154 valence electrons. The lowest BCUT2D eigenvalue weighted by molar-refractivity contribution is 0.103. The van der Waals surface area contributed by atoms with E-state index in [1.807, 2.05) is 103 Å². The standard InChI is InChI=1S/C27H19N3OS/c31-25-22-15-7-8-16-23(22)26-24(25)30(29-18-9-14-20-10-3-1-4-11-20)27(32-26)28-19-17-21-12-5-2-6-13-21/h1-19H/b14-9+,19-17+,28-27?,29-18+. The average Bonchev–Trinajstić information content (AvgIpc) is 3.33. The van der Waals surface area contributed by atoms with Crippen molar-refractivity contribution >= 4 is 35.5 Å². The van der Waals surface area contributed by atoms with E-state index >= 15 is 0 Å². The van der Waals surface area contributed by atoms with E-state index in [1.165, 1.54) is 11.3 Å². The normalized spacial score (nSPS) is 13.5. The van der Waals surface area contributed by atoms with E-state index in [4.69, 9.17) is 0 Å². The minimum atomic E-state index is -0.0236. The SMILES string of the molecule is O=C1c2ccccc2-c2sc(=N/C=C/c3ccccc3)n(/N=C/C=C/c3ccccc3)c21. The molecule has 0 N–H and O–H groups in total. The van der Waals surface area contributed by atoms with Gasteiger partial charge in [-0.3, -0.25) is 4.79 Å². The van der Waals surface area contributed by atoms with Gasteiger partial charge in [0.25, 0.3) is 0 Å². The quantitative estimate of drug-likeness (QED) is 0.319. The minimum Gasteiger partial charge on any atom is -0.287 e. The van der Waals surface area contributed by atoms with Crippen molar-refractivity contribution in [2.24, 2.45) is 10.1 Å². The minimum absolute atomic E-state index is 0.0236. The predicted molar refractivity (Wildman–Crippen MR) is 132 cm³/mol. The molecule has 1 aliphatic carbocycles. The van der Waals surface area contributed by atoms with Gasteiger partial charge in [-0.05, 0) is 23.3 Å². The summed E-state index contributed by atoms with van der Waals surface area (Å²) >= 11 is 1.47. The molecule has 3 aromatic carbocycles. The molecule has 4 nitrogen and oxygen atoms in total. The van der Waals surface area contributed by atoms with Crippen molar-refractivity contribution in [2.75, 3.05) is 0 Å². The lowest BCUT2D eigenvalue weighted by Crippen LogP contribution is -2.15. The monoisotopic (exact) mass is 433 g/mol. The fraction of sp³-hybridized carbons (Fsp3) is 0. The van der Waals surface area contributed by atoms with E-state index in [9.17, 15) is 4.79 Å². The van der Waals surface area contributed by atoms with Crippen LogP contribution in [0.15, 0.2) is 107 Å². The Bertz CT molecular complexity index is 1420. The fourth-order valence-corrected chi connectivity index (χ4v) is 4.61. The van der Waals surface area contributed by atoms with Crippen LogP contribution in [0.25, 0.3) is 22.6 Å². The molecular weight excluding hydrogens is 414 g/mol. The number of fused-ring (bicyclic) bond motifs is 3. The Labute approximate surface area is 189 Å². The number of carbonyl (C=O) groups is 1. The van der Waals surface area contributed by atoms with E-state index in [0.717, 1.165) is 21.6 Å². The Kier molecular flexibility index (Phi) is 5.56. The molecule has 0 unspecified atom stereocenters. The van der Waals surface area contributed by atoms with Crippen molar-refractivity contribution in [3.63, 3.8) is 0 Å². The van der Waals surface area contributed by atoms with Crippen LogP contribution in [-0.2, 0) is 0 Å². The molecule has 0 bridgehead atoms. The highest BCUT2D eigenvalue weighted by atomic mass is 32.1. The first-order chi connectivity index (χ1) is 15.8. The van der Waals surface area contributed by atoms with Crippen LogP contribution >= 0.6 is 11.3 Å². The number of thiazole rings is 1. The van der Waals surface area contributed by atoms with Crippen LogP contribution in [0.5, 0.6) is 0 Å². The number of nitrogens with zero attached hydrogens (tertiary/aromatic N) is 3. The Morgan fingerprint density at radius 1 is 0.750 bits per heavy atom. The van der Waals surface area contributed by atoms with Crippen LogP contribution in [0.2, 0.25) is 0 Å². The van der Waals surface area contributed by atoms with Gasteiger partial charge in [-0.2, -0.15) is 5.10 Å². The number of ketones is 1. The fourth-order valence-electron chi connectivity index (χ4n) is 3.53. The van der Waals surface area contributed by atoms with E-state index in [-0.39, 0.29) is 5.78 Å². The first-order valence-corrected chi connectivity index (χ1v) is 11.0. The van der Waals surface area contributed by atoms with Crippen molar-refractivity contribution in [3.8, 4) is 10.4 Å². The zero-order valence-electron chi connectivity index (χ0n) is 17.1. The van der Waals surface area contributed by atoms with Crippen LogP contribution in [0, 0.1) is 0 Å². The molecule has 0 aliphatic heterocycles. The Hall–Kier alpha value is -4.09. The van der Waals surface area contributed by atoms with Gasteiger partial charge in [0, 0.05) is 23.5 Å². The van der Waals surface area contributed by atoms with Crippen molar-refractivity contribution in [1.82, 2.24) is 4.68 Å². The summed E-state index contributed by atoms with van der Waals surface area (Å²) in [5.41, 5.74) is 4.35. The molecule has 1 aliphatic rings. The highest BCUT2D eigenvalue weighted by molar-refractivity contribution is 7.13. The predicted octanol–water partition coefficient (Wildman–Crippen LogP) is 5.88. The van der Waals surface area contributed by atoms with Gasteiger partial charge in [-0.1, -0.05) is 102 Å². The van der Waals surface area contributed by atoms with Gasteiger partial charge in [-0.25, -0.2) is 9.67 Å². The van der Waals surface area contributed by atoms with Crippen molar-refractivity contribution in [1.29, 1.82) is 0 Å². The summed E-state index contributed by atoms with van der Waals surface area (Å²) in [6.07, 6.45) is 9.21. The van der Waals surface area contributed by atoms with Gasteiger partial charge in [-0.15, -0.1) is 0 Å². The molecule has 0 atom stereocenters. The third kappa shape index (κ3) is 3.94. The maximum absolute atomic E-state index is 13.1. The van der Waals surface area contributed by atoms with Crippen LogP contribution < -0.4 is 4.80 Å². The number of carbonyl (C=O) groups excluding carboxylic acids is 1. The number of benzene rings is 3. The van der Waals surface area contributed by atoms with E-state index < -0.39 is 0 Å². The Balaban J connectivity index is 1.55. The van der Waals surface area contributed by atoms with E-state index in [1.54, 1.807) is 17.1 Å². The van der Waals surface area contributed by atoms with Crippen molar-refractivity contribution in [2.45, 2.75) is 0 Å². The van der Waals surface area contributed by atoms with E-state index in [0.29, 0.717) is 16.1 Å². The first-order valence-electron chi connectivity index (χ1n) is 10.2. The third-order valence-electron chi connectivity index (χ3n) is 5.04. The molecule has 0 amide bonds. The number of allylic oxidation sites excluding steroid dienone is 1. The van der Waals surface area contributed by atoms with Crippen molar-refractivity contribution in [3.05, 3.63) is 124 Å². The summed E-state index contributed by atoms with van der Waals surface area (Å²) < 4.78 is 1.65. The number of hydrogen-bond donors (Lipinski definition) is 0. The van der Waals surface area contributed by atoms with Gasteiger partial charge in [0.15, 0.2) is 0 Å². The molecule has 1 heterocycles.